The van der Waals surface area contributed by atoms with Gasteiger partial charge in [0.1, 0.15) is 17.7 Å². The molecule has 0 atom stereocenters. The van der Waals surface area contributed by atoms with Crippen molar-refractivity contribution in [3.05, 3.63) is 89.4 Å². The van der Waals surface area contributed by atoms with Crippen LogP contribution in [0.1, 0.15) is 21.5 Å². The SMILES string of the molecule is N#Cc1ccccc1Nc1cc(C(=O)NCCc2ccc(F)cc2)ccn1. The summed E-state index contributed by atoms with van der Waals surface area (Å²) >= 11 is 0. The summed E-state index contributed by atoms with van der Waals surface area (Å²) in [6, 6.07) is 18.6. The largest absolute Gasteiger partial charge is 0.352 e. The molecule has 2 aromatic carbocycles. The van der Waals surface area contributed by atoms with Crippen molar-refractivity contribution in [1.82, 2.24) is 10.3 Å². The molecule has 0 bridgehead atoms. The second-order valence-electron chi connectivity index (χ2n) is 5.84. The number of nitrogens with zero attached hydrogens (tertiary/aromatic N) is 2. The van der Waals surface area contributed by atoms with Crippen molar-refractivity contribution in [3.63, 3.8) is 0 Å². The molecular formula is C21H17FN4O. The van der Waals surface area contributed by atoms with Gasteiger partial charge in [-0.15, -0.1) is 0 Å². The number of amides is 1. The third-order valence-corrected chi connectivity index (χ3v) is 3.94. The molecule has 3 rings (SSSR count). The van der Waals surface area contributed by atoms with E-state index in [2.05, 4.69) is 21.7 Å². The zero-order valence-corrected chi connectivity index (χ0v) is 14.4. The van der Waals surface area contributed by atoms with Gasteiger partial charge in [0.25, 0.3) is 5.91 Å². The lowest BCUT2D eigenvalue weighted by molar-refractivity contribution is 0.0954. The Kier molecular flexibility index (Phi) is 5.75. The molecule has 0 radical (unpaired) electrons. The third-order valence-electron chi connectivity index (χ3n) is 3.94. The van der Waals surface area contributed by atoms with Crippen LogP contribution in [0.4, 0.5) is 15.9 Å². The fourth-order valence-electron chi connectivity index (χ4n) is 2.54. The predicted octanol–water partition coefficient (Wildman–Crippen LogP) is 3.81. The number of halogens is 1. The third kappa shape index (κ3) is 4.89. The van der Waals surface area contributed by atoms with Crippen LogP contribution in [0.15, 0.2) is 66.9 Å². The fourth-order valence-corrected chi connectivity index (χ4v) is 2.54. The molecule has 2 N–H and O–H groups in total. The van der Waals surface area contributed by atoms with Crippen LogP contribution in [0.5, 0.6) is 0 Å². The van der Waals surface area contributed by atoms with E-state index in [1.54, 1.807) is 42.5 Å². The number of rotatable bonds is 6. The topological polar surface area (TPSA) is 77.8 Å². The van der Waals surface area contributed by atoms with E-state index in [0.717, 1.165) is 5.56 Å². The van der Waals surface area contributed by atoms with Gasteiger partial charge in [-0.2, -0.15) is 5.26 Å². The first kappa shape index (κ1) is 18.1. The van der Waals surface area contributed by atoms with Crippen LogP contribution < -0.4 is 10.6 Å². The van der Waals surface area contributed by atoms with Crippen molar-refractivity contribution >= 4 is 17.4 Å². The van der Waals surface area contributed by atoms with E-state index >= 15 is 0 Å². The molecule has 1 amide bonds. The van der Waals surface area contributed by atoms with Gasteiger partial charge < -0.3 is 10.6 Å². The smallest absolute Gasteiger partial charge is 0.251 e. The minimum Gasteiger partial charge on any atom is -0.352 e. The average molecular weight is 360 g/mol. The number of aromatic nitrogens is 1. The number of hydrogen-bond acceptors (Lipinski definition) is 4. The van der Waals surface area contributed by atoms with E-state index in [-0.39, 0.29) is 11.7 Å². The predicted molar refractivity (Wildman–Crippen MR) is 101 cm³/mol. The summed E-state index contributed by atoms with van der Waals surface area (Å²) in [5.74, 6) is -0.0300. The van der Waals surface area contributed by atoms with Crippen LogP contribution in [0, 0.1) is 17.1 Å². The Morgan fingerprint density at radius 1 is 1.11 bits per heavy atom. The Morgan fingerprint density at radius 2 is 1.89 bits per heavy atom. The molecule has 0 saturated heterocycles. The van der Waals surface area contributed by atoms with E-state index < -0.39 is 0 Å². The molecular weight excluding hydrogens is 343 g/mol. The summed E-state index contributed by atoms with van der Waals surface area (Å²) < 4.78 is 12.9. The van der Waals surface area contributed by atoms with Gasteiger partial charge in [0, 0.05) is 18.3 Å². The zero-order valence-electron chi connectivity index (χ0n) is 14.4. The number of pyridine rings is 1. The van der Waals surface area contributed by atoms with Gasteiger partial charge in [0.05, 0.1) is 11.3 Å². The quantitative estimate of drug-likeness (QED) is 0.701. The number of hydrogen-bond donors (Lipinski definition) is 2. The maximum Gasteiger partial charge on any atom is 0.251 e. The van der Waals surface area contributed by atoms with Crippen molar-refractivity contribution in [2.24, 2.45) is 0 Å². The second-order valence-corrected chi connectivity index (χ2v) is 5.84. The summed E-state index contributed by atoms with van der Waals surface area (Å²) in [4.78, 5) is 16.5. The summed E-state index contributed by atoms with van der Waals surface area (Å²) in [5, 5.41) is 15.0. The highest BCUT2D eigenvalue weighted by Crippen LogP contribution is 2.19. The van der Waals surface area contributed by atoms with Gasteiger partial charge in [-0.1, -0.05) is 24.3 Å². The summed E-state index contributed by atoms with van der Waals surface area (Å²) in [5.41, 5.74) is 2.53. The highest BCUT2D eigenvalue weighted by Gasteiger charge is 2.08. The molecule has 0 unspecified atom stereocenters. The van der Waals surface area contributed by atoms with Gasteiger partial charge >= 0.3 is 0 Å². The molecule has 0 aliphatic rings. The van der Waals surface area contributed by atoms with Crippen LogP contribution in [0.25, 0.3) is 0 Å². The van der Waals surface area contributed by atoms with Crippen LogP contribution in [-0.2, 0) is 6.42 Å². The number of carbonyl (C=O) groups is 1. The molecule has 0 fully saturated rings. The summed E-state index contributed by atoms with van der Waals surface area (Å²) in [7, 11) is 0. The molecule has 0 spiro atoms. The van der Waals surface area contributed by atoms with Crippen molar-refractivity contribution in [3.8, 4) is 6.07 Å². The molecule has 6 heteroatoms. The van der Waals surface area contributed by atoms with Gasteiger partial charge in [-0.05, 0) is 48.4 Å². The Bertz CT molecular complexity index is 980. The molecule has 5 nitrogen and oxygen atoms in total. The monoisotopic (exact) mass is 360 g/mol. The number of carbonyl (C=O) groups excluding carboxylic acids is 1. The minimum absolute atomic E-state index is 0.226. The Hall–Kier alpha value is -3.72. The van der Waals surface area contributed by atoms with Crippen LogP contribution in [0.3, 0.4) is 0 Å². The van der Waals surface area contributed by atoms with Crippen molar-refractivity contribution in [2.75, 3.05) is 11.9 Å². The number of nitrogens with one attached hydrogen (secondary N) is 2. The maximum atomic E-state index is 12.9. The molecule has 27 heavy (non-hydrogen) atoms. The van der Waals surface area contributed by atoms with Crippen LogP contribution >= 0.6 is 0 Å². The number of anilines is 2. The molecule has 1 aromatic heterocycles. The van der Waals surface area contributed by atoms with E-state index in [1.165, 1.54) is 18.3 Å². The Morgan fingerprint density at radius 3 is 2.67 bits per heavy atom. The molecule has 134 valence electrons. The first-order valence-corrected chi connectivity index (χ1v) is 8.40. The highest BCUT2D eigenvalue weighted by atomic mass is 19.1. The fraction of sp³-hybridized carbons (Fsp3) is 0.0952. The lowest BCUT2D eigenvalue weighted by Crippen LogP contribution is -2.25. The zero-order chi connectivity index (χ0) is 19.1. The molecule has 0 aliphatic heterocycles. The normalized spacial score (nSPS) is 10.1. The summed E-state index contributed by atoms with van der Waals surface area (Å²) in [6.07, 6.45) is 2.14. The lowest BCUT2D eigenvalue weighted by atomic mass is 10.1. The number of nitriles is 1. The van der Waals surface area contributed by atoms with Crippen LogP contribution in [-0.4, -0.2) is 17.4 Å². The molecule has 0 saturated carbocycles. The van der Waals surface area contributed by atoms with E-state index in [0.29, 0.717) is 35.6 Å². The van der Waals surface area contributed by atoms with Gasteiger partial charge in [-0.25, -0.2) is 9.37 Å². The van der Waals surface area contributed by atoms with Gasteiger partial charge in [0.2, 0.25) is 0 Å². The maximum absolute atomic E-state index is 12.9. The van der Waals surface area contributed by atoms with Crippen molar-refractivity contribution in [1.29, 1.82) is 5.26 Å². The molecule has 3 aromatic rings. The van der Waals surface area contributed by atoms with Crippen LogP contribution in [0.2, 0.25) is 0 Å². The first-order chi connectivity index (χ1) is 13.2. The number of benzene rings is 2. The Labute approximate surface area is 156 Å². The standard InChI is InChI=1S/C21H17FN4O/c22-18-7-5-15(6-8-18)9-11-25-21(27)16-10-12-24-20(13-16)26-19-4-2-1-3-17(19)14-23/h1-8,10,12-13H,9,11H2,(H,24,26)(H,25,27). The molecule has 1 heterocycles. The van der Waals surface area contributed by atoms with E-state index in [4.69, 9.17) is 5.26 Å². The van der Waals surface area contributed by atoms with Gasteiger partial charge in [-0.3, -0.25) is 4.79 Å². The van der Waals surface area contributed by atoms with Crippen molar-refractivity contribution < 1.29 is 9.18 Å². The minimum atomic E-state index is -0.280. The van der Waals surface area contributed by atoms with E-state index in [1.807, 2.05) is 6.07 Å². The summed E-state index contributed by atoms with van der Waals surface area (Å²) in [6.45, 7) is 0.437. The molecule has 0 aliphatic carbocycles. The first-order valence-electron chi connectivity index (χ1n) is 8.40. The van der Waals surface area contributed by atoms with Crippen molar-refractivity contribution in [2.45, 2.75) is 6.42 Å². The highest BCUT2D eigenvalue weighted by molar-refractivity contribution is 5.94. The van der Waals surface area contributed by atoms with E-state index in [9.17, 15) is 9.18 Å². The Balaban J connectivity index is 1.61. The average Bonchev–Trinajstić information content (AvgIpc) is 2.70. The second kappa shape index (κ2) is 8.59. The van der Waals surface area contributed by atoms with Gasteiger partial charge in [0.15, 0.2) is 0 Å². The lowest BCUT2D eigenvalue weighted by Gasteiger charge is -2.09. The number of para-hydroxylation sites is 1.